The first-order valence-electron chi connectivity index (χ1n) is 3.64. The summed E-state index contributed by atoms with van der Waals surface area (Å²) in [6, 6.07) is 5.09. The molecule has 0 fully saturated rings. The molecule has 1 unspecified atom stereocenters. The van der Waals surface area contributed by atoms with E-state index in [9.17, 15) is 4.79 Å². The fraction of sp³-hybridized carbons (Fsp3) is 0.222. The van der Waals surface area contributed by atoms with E-state index in [4.69, 9.17) is 23.2 Å². The van der Waals surface area contributed by atoms with Crippen LogP contribution in [0.4, 0.5) is 0 Å². The highest BCUT2D eigenvalue weighted by Gasteiger charge is 2.13. The van der Waals surface area contributed by atoms with Crippen LogP contribution in [0.15, 0.2) is 23.1 Å². The summed E-state index contributed by atoms with van der Waals surface area (Å²) in [5.74, 6) is -0.100. The summed E-state index contributed by atoms with van der Waals surface area (Å²) in [6.07, 6.45) is 0. The van der Waals surface area contributed by atoms with E-state index >= 15 is 0 Å². The third kappa shape index (κ3) is 2.90. The fourth-order valence-electron chi connectivity index (χ4n) is 0.977. The van der Waals surface area contributed by atoms with Crippen LogP contribution >= 0.6 is 35.8 Å². The number of carbonyl (C=O) groups is 1. The average Bonchev–Trinajstić information content (AvgIpc) is 2.01. The number of Topliss-reactive ketones (excluding diaryl/α,β-unsaturated/α-hetero) is 1. The van der Waals surface area contributed by atoms with E-state index in [2.05, 4.69) is 12.6 Å². The van der Waals surface area contributed by atoms with Gasteiger partial charge in [-0.1, -0.05) is 11.6 Å². The minimum Gasteiger partial charge on any atom is -0.298 e. The first kappa shape index (κ1) is 10.9. The molecule has 1 atom stereocenters. The van der Waals surface area contributed by atoms with Crippen molar-refractivity contribution in [1.29, 1.82) is 0 Å². The Labute approximate surface area is 92.4 Å². The molecule has 13 heavy (non-hydrogen) atoms. The molecule has 0 aliphatic rings. The van der Waals surface area contributed by atoms with Gasteiger partial charge in [0.15, 0.2) is 5.78 Å². The Kier molecular flexibility index (Phi) is 3.65. The second-order valence-electron chi connectivity index (χ2n) is 2.72. The van der Waals surface area contributed by atoms with Gasteiger partial charge in [0.25, 0.3) is 0 Å². The number of hydrogen-bond acceptors (Lipinski definition) is 2. The normalized spacial score (nSPS) is 12.6. The molecule has 0 aliphatic carbocycles. The minimum absolute atomic E-state index is 0.100. The molecule has 1 nitrogen and oxygen atoms in total. The zero-order valence-electron chi connectivity index (χ0n) is 6.92. The van der Waals surface area contributed by atoms with Crippen LogP contribution in [0.5, 0.6) is 0 Å². The maximum Gasteiger partial charge on any atom is 0.152 e. The van der Waals surface area contributed by atoms with E-state index in [-0.39, 0.29) is 5.78 Å². The van der Waals surface area contributed by atoms with Crippen LogP contribution in [0.3, 0.4) is 0 Å². The number of benzene rings is 1. The molecule has 0 aliphatic heterocycles. The van der Waals surface area contributed by atoms with Gasteiger partial charge in [-0.2, -0.15) is 0 Å². The standard InChI is InChI=1S/C9H8Cl2OS/c1-5(12)9(11)6-2-7(10)4-8(13)3-6/h2-4,9,13H,1H3. The van der Waals surface area contributed by atoms with E-state index in [1.807, 2.05) is 0 Å². The maximum atomic E-state index is 11.0. The van der Waals surface area contributed by atoms with Gasteiger partial charge in [0, 0.05) is 9.92 Å². The molecule has 0 saturated heterocycles. The van der Waals surface area contributed by atoms with Crippen molar-refractivity contribution in [1.82, 2.24) is 0 Å². The molecular formula is C9H8Cl2OS. The Balaban J connectivity index is 3.07. The zero-order chi connectivity index (χ0) is 10.0. The molecule has 1 aromatic rings. The Morgan fingerprint density at radius 1 is 1.46 bits per heavy atom. The Morgan fingerprint density at radius 2 is 2.08 bits per heavy atom. The van der Waals surface area contributed by atoms with Gasteiger partial charge < -0.3 is 0 Å². The van der Waals surface area contributed by atoms with Gasteiger partial charge in [0.2, 0.25) is 0 Å². The largest absolute Gasteiger partial charge is 0.298 e. The van der Waals surface area contributed by atoms with Crippen molar-refractivity contribution in [2.75, 3.05) is 0 Å². The molecule has 0 radical (unpaired) electrons. The summed E-state index contributed by atoms with van der Waals surface area (Å²) in [4.78, 5) is 11.7. The molecule has 0 heterocycles. The summed E-state index contributed by atoms with van der Waals surface area (Å²) in [7, 11) is 0. The Hall–Kier alpha value is -0.180. The lowest BCUT2D eigenvalue weighted by molar-refractivity contribution is -0.116. The summed E-state index contributed by atoms with van der Waals surface area (Å²) < 4.78 is 0. The predicted molar refractivity (Wildman–Crippen MR) is 58.0 cm³/mol. The van der Waals surface area contributed by atoms with Gasteiger partial charge in [-0.3, -0.25) is 4.79 Å². The number of alkyl halides is 1. The molecule has 0 saturated carbocycles. The number of rotatable bonds is 2. The summed E-state index contributed by atoms with van der Waals surface area (Å²) in [5, 5.41) is -0.0981. The van der Waals surface area contributed by atoms with Gasteiger partial charge in [-0.25, -0.2) is 0 Å². The van der Waals surface area contributed by atoms with Crippen LogP contribution in [0.2, 0.25) is 5.02 Å². The molecule has 0 amide bonds. The summed E-state index contributed by atoms with van der Waals surface area (Å²) in [5.41, 5.74) is 0.687. The monoisotopic (exact) mass is 234 g/mol. The van der Waals surface area contributed by atoms with E-state index in [1.54, 1.807) is 18.2 Å². The van der Waals surface area contributed by atoms with Crippen molar-refractivity contribution >= 4 is 41.6 Å². The van der Waals surface area contributed by atoms with Gasteiger partial charge in [0.1, 0.15) is 5.38 Å². The lowest BCUT2D eigenvalue weighted by atomic mass is 10.1. The summed E-state index contributed by atoms with van der Waals surface area (Å²) in [6.45, 7) is 1.44. The first-order valence-corrected chi connectivity index (χ1v) is 4.91. The Morgan fingerprint density at radius 3 is 2.54 bits per heavy atom. The number of carbonyl (C=O) groups excluding carboxylic acids is 1. The van der Waals surface area contributed by atoms with E-state index < -0.39 is 5.38 Å². The molecule has 4 heteroatoms. The van der Waals surface area contributed by atoms with Gasteiger partial charge in [0.05, 0.1) is 0 Å². The van der Waals surface area contributed by atoms with Gasteiger partial charge >= 0.3 is 0 Å². The first-order chi connectivity index (χ1) is 6.00. The van der Waals surface area contributed by atoms with Crippen molar-refractivity contribution in [2.45, 2.75) is 17.2 Å². The predicted octanol–water partition coefficient (Wildman–Crippen LogP) is 3.50. The zero-order valence-corrected chi connectivity index (χ0v) is 9.33. The number of ketones is 1. The van der Waals surface area contributed by atoms with Crippen molar-refractivity contribution in [3.05, 3.63) is 28.8 Å². The molecule has 0 spiro atoms. The number of halogens is 2. The number of thiol groups is 1. The van der Waals surface area contributed by atoms with Crippen LogP contribution < -0.4 is 0 Å². The third-order valence-corrected chi connectivity index (χ3v) is 2.59. The van der Waals surface area contributed by atoms with Crippen LogP contribution in [0.1, 0.15) is 17.9 Å². The second-order valence-corrected chi connectivity index (χ2v) is 4.11. The van der Waals surface area contributed by atoms with Crippen molar-refractivity contribution in [3.63, 3.8) is 0 Å². The summed E-state index contributed by atoms with van der Waals surface area (Å²) >= 11 is 15.8. The quantitative estimate of drug-likeness (QED) is 0.613. The van der Waals surface area contributed by atoms with Crippen LogP contribution in [-0.2, 0) is 4.79 Å². The molecule has 70 valence electrons. The van der Waals surface area contributed by atoms with Crippen molar-refractivity contribution in [3.8, 4) is 0 Å². The molecule has 0 aromatic heterocycles. The molecular weight excluding hydrogens is 227 g/mol. The lowest BCUT2D eigenvalue weighted by Crippen LogP contribution is -2.01. The van der Waals surface area contributed by atoms with Crippen LogP contribution in [0, 0.1) is 0 Å². The van der Waals surface area contributed by atoms with E-state index in [0.29, 0.717) is 15.5 Å². The third-order valence-electron chi connectivity index (χ3n) is 1.55. The molecule has 1 aromatic carbocycles. The fourth-order valence-corrected chi connectivity index (χ4v) is 1.71. The highest BCUT2D eigenvalue weighted by atomic mass is 35.5. The molecule has 1 rings (SSSR count). The van der Waals surface area contributed by atoms with Crippen molar-refractivity contribution < 1.29 is 4.79 Å². The Bertz CT molecular complexity index is 318. The van der Waals surface area contributed by atoms with Crippen molar-refractivity contribution in [2.24, 2.45) is 0 Å². The van der Waals surface area contributed by atoms with Crippen LogP contribution in [0.25, 0.3) is 0 Å². The highest BCUT2D eigenvalue weighted by molar-refractivity contribution is 7.80. The van der Waals surface area contributed by atoms with Gasteiger partial charge in [-0.15, -0.1) is 24.2 Å². The highest BCUT2D eigenvalue weighted by Crippen LogP contribution is 2.26. The second kappa shape index (κ2) is 4.36. The van der Waals surface area contributed by atoms with Crippen LogP contribution in [-0.4, -0.2) is 5.78 Å². The minimum atomic E-state index is -0.635. The SMILES string of the molecule is CC(=O)C(Cl)c1cc(S)cc(Cl)c1. The number of hydrogen-bond donors (Lipinski definition) is 1. The maximum absolute atomic E-state index is 11.0. The average molecular weight is 235 g/mol. The lowest BCUT2D eigenvalue weighted by Gasteiger charge is -2.06. The van der Waals surface area contributed by atoms with E-state index in [1.165, 1.54) is 6.92 Å². The topological polar surface area (TPSA) is 17.1 Å². The van der Waals surface area contributed by atoms with Gasteiger partial charge in [-0.05, 0) is 30.7 Å². The molecule has 0 N–H and O–H groups in total. The van der Waals surface area contributed by atoms with E-state index in [0.717, 1.165) is 0 Å². The molecule has 0 bridgehead atoms. The smallest absolute Gasteiger partial charge is 0.152 e.